The van der Waals surface area contributed by atoms with Crippen LogP contribution in [0.15, 0.2) is 24.4 Å². The van der Waals surface area contributed by atoms with E-state index in [1.807, 2.05) is 0 Å². The average Bonchev–Trinajstić information content (AvgIpc) is 2.59. The maximum Gasteiger partial charge on any atom is 0.189 e. The lowest BCUT2D eigenvalue weighted by molar-refractivity contribution is 0.512. The Morgan fingerprint density at radius 3 is 2.80 bits per heavy atom. The number of nitrogen functional groups attached to an aromatic ring is 1. The molecule has 1 aromatic heterocycles. The van der Waals surface area contributed by atoms with Crippen LogP contribution in [0.1, 0.15) is 0 Å². The van der Waals surface area contributed by atoms with Crippen molar-refractivity contribution in [3.63, 3.8) is 0 Å². The summed E-state index contributed by atoms with van der Waals surface area (Å²) in [6.45, 7) is 0. The second-order valence-corrected chi connectivity index (χ2v) is 3.86. The van der Waals surface area contributed by atoms with Crippen LogP contribution in [0.2, 0.25) is 0 Å². The SMILES string of the molecule is Nc1cnc(Nc2cccc(F)c2F)s1. The first-order valence-corrected chi connectivity index (χ1v) is 4.91. The van der Waals surface area contributed by atoms with E-state index in [1.165, 1.54) is 18.3 Å². The smallest absolute Gasteiger partial charge is 0.189 e. The van der Waals surface area contributed by atoms with Gasteiger partial charge in [-0.05, 0) is 12.1 Å². The number of nitrogens with one attached hydrogen (secondary N) is 1. The van der Waals surface area contributed by atoms with E-state index in [1.54, 1.807) is 0 Å². The normalized spacial score (nSPS) is 10.3. The van der Waals surface area contributed by atoms with Crippen molar-refractivity contribution in [1.82, 2.24) is 4.98 Å². The summed E-state index contributed by atoms with van der Waals surface area (Å²) in [6.07, 6.45) is 1.45. The van der Waals surface area contributed by atoms with E-state index in [0.717, 1.165) is 17.4 Å². The van der Waals surface area contributed by atoms with Gasteiger partial charge in [0.05, 0.1) is 11.9 Å². The summed E-state index contributed by atoms with van der Waals surface area (Å²) in [6, 6.07) is 3.89. The minimum absolute atomic E-state index is 0.0457. The zero-order valence-corrected chi connectivity index (χ0v) is 8.31. The number of benzene rings is 1. The second kappa shape index (κ2) is 3.82. The van der Waals surface area contributed by atoms with Crippen molar-refractivity contribution in [3.05, 3.63) is 36.0 Å². The molecule has 0 aliphatic rings. The van der Waals surface area contributed by atoms with Gasteiger partial charge in [0.2, 0.25) is 0 Å². The largest absolute Gasteiger partial charge is 0.389 e. The monoisotopic (exact) mass is 227 g/mol. The Hall–Kier alpha value is -1.69. The Kier molecular flexibility index (Phi) is 2.51. The zero-order valence-electron chi connectivity index (χ0n) is 7.50. The van der Waals surface area contributed by atoms with Gasteiger partial charge in [-0.25, -0.2) is 13.8 Å². The van der Waals surface area contributed by atoms with Gasteiger partial charge in [0, 0.05) is 0 Å². The highest BCUT2D eigenvalue weighted by Crippen LogP contribution is 2.26. The number of thiazole rings is 1. The summed E-state index contributed by atoms with van der Waals surface area (Å²) in [5.74, 6) is -1.82. The molecule has 0 amide bonds. The molecule has 15 heavy (non-hydrogen) atoms. The summed E-state index contributed by atoms with van der Waals surface area (Å²) < 4.78 is 26.0. The van der Waals surface area contributed by atoms with Gasteiger partial charge in [-0.15, -0.1) is 0 Å². The Labute approximate surface area is 88.6 Å². The highest BCUT2D eigenvalue weighted by Gasteiger charge is 2.08. The first-order chi connectivity index (χ1) is 7.16. The number of halogens is 2. The molecule has 78 valence electrons. The van der Waals surface area contributed by atoms with Gasteiger partial charge in [0.15, 0.2) is 16.8 Å². The molecule has 1 aromatic carbocycles. The first-order valence-electron chi connectivity index (χ1n) is 4.09. The highest BCUT2D eigenvalue weighted by atomic mass is 32.1. The van der Waals surface area contributed by atoms with Crippen molar-refractivity contribution in [2.75, 3.05) is 11.1 Å². The molecule has 0 saturated heterocycles. The highest BCUT2D eigenvalue weighted by molar-refractivity contribution is 7.19. The summed E-state index contributed by atoms with van der Waals surface area (Å²) >= 11 is 1.16. The third-order valence-electron chi connectivity index (χ3n) is 1.72. The molecule has 0 unspecified atom stereocenters. The molecule has 0 bridgehead atoms. The maximum absolute atomic E-state index is 13.2. The molecule has 2 aromatic rings. The van der Waals surface area contributed by atoms with Crippen LogP contribution in [0.25, 0.3) is 0 Å². The van der Waals surface area contributed by atoms with Crippen molar-refractivity contribution in [1.29, 1.82) is 0 Å². The Morgan fingerprint density at radius 1 is 1.33 bits per heavy atom. The minimum atomic E-state index is -0.925. The Morgan fingerprint density at radius 2 is 2.13 bits per heavy atom. The van der Waals surface area contributed by atoms with Crippen LogP contribution >= 0.6 is 11.3 Å². The standard InChI is InChI=1S/C9H7F2N3S/c10-5-2-1-3-6(8(5)11)14-9-13-4-7(12)15-9/h1-4H,12H2,(H,13,14). The third-order valence-corrected chi connectivity index (χ3v) is 2.46. The van der Waals surface area contributed by atoms with Crippen molar-refractivity contribution in [3.8, 4) is 0 Å². The van der Waals surface area contributed by atoms with Gasteiger partial charge in [-0.3, -0.25) is 0 Å². The van der Waals surface area contributed by atoms with Gasteiger partial charge in [0.1, 0.15) is 5.00 Å². The molecular weight excluding hydrogens is 220 g/mol. The van der Waals surface area contributed by atoms with E-state index in [0.29, 0.717) is 10.1 Å². The van der Waals surface area contributed by atoms with Crippen molar-refractivity contribution < 1.29 is 8.78 Å². The Bertz CT molecular complexity index is 484. The van der Waals surface area contributed by atoms with E-state index in [9.17, 15) is 8.78 Å². The second-order valence-electron chi connectivity index (χ2n) is 2.79. The summed E-state index contributed by atoms with van der Waals surface area (Å²) in [7, 11) is 0. The van der Waals surface area contributed by atoms with Crippen LogP contribution in [-0.2, 0) is 0 Å². The molecule has 3 N–H and O–H groups in total. The number of anilines is 3. The fourth-order valence-corrected chi connectivity index (χ4v) is 1.65. The van der Waals surface area contributed by atoms with Crippen LogP contribution in [0.3, 0.4) is 0 Å². The van der Waals surface area contributed by atoms with Gasteiger partial charge in [-0.1, -0.05) is 17.4 Å². The van der Waals surface area contributed by atoms with Gasteiger partial charge < -0.3 is 11.1 Å². The molecule has 0 radical (unpaired) electrons. The molecule has 0 atom stereocenters. The molecule has 0 aliphatic heterocycles. The summed E-state index contributed by atoms with van der Waals surface area (Å²) in [5.41, 5.74) is 5.49. The maximum atomic E-state index is 13.2. The van der Waals surface area contributed by atoms with Crippen molar-refractivity contribution >= 4 is 27.2 Å². The van der Waals surface area contributed by atoms with Crippen LogP contribution in [-0.4, -0.2) is 4.98 Å². The molecule has 0 saturated carbocycles. The predicted molar refractivity (Wildman–Crippen MR) is 56.2 cm³/mol. The van der Waals surface area contributed by atoms with Crippen LogP contribution in [0, 0.1) is 11.6 Å². The third kappa shape index (κ3) is 2.04. The van der Waals surface area contributed by atoms with E-state index < -0.39 is 11.6 Å². The average molecular weight is 227 g/mol. The first kappa shape index (κ1) is 9.85. The summed E-state index contributed by atoms with van der Waals surface area (Å²) in [5, 5.41) is 3.58. The lowest BCUT2D eigenvalue weighted by Gasteiger charge is -2.03. The van der Waals surface area contributed by atoms with Gasteiger partial charge >= 0.3 is 0 Å². The number of aromatic nitrogens is 1. The fraction of sp³-hybridized carbons (Fsp3) is 0. The quantitative estimate of drug-likeness (QED) is 0.829. The van der Waals surface area contributed by atoms with E-state index >= 15 is 0 Å². The van der Waals surface area contributed by atoms with E-state index in [4.69, 9.17) is 5.73 Å². The number of hydrogen-bond acceptors (Lipinski definition) is 4. The molecule has 0 aliphatic carbocycles. The van der Waals surface area contributed by atoms with E-state index in [2.05, 4.69) is 10.3 Å². The number of hydrogen-bond donors (Lipinski definition) is 2. The predicted octanol–water partition coefficient (Wildman–Crippen LogP) is 2.75. The molecular formula is C9H7F2N3S. The Balaban J connectivity index is 2.28. The molecule has 2 rings (SSSR count). The van der Waals surface area contributed by atoms with E-state index in [-0.39, 0.29) is 5.69 Å². The number of nitrogens with zero attached hydrogens (tertiary/aromatic N) is 1. The number of nitrogens with two attached hydrogens (primary N) is 1. The van der Waals surface area contributed by atoms with Gasteiger partial charge in [-0.2, -0.15) is 0 Å². The van der Waals surface area contributed by atoms with Crippen LogP contribution in [0.5, 0.6) is 0 Å². The lowest BCUT2D eigenvalue weighted by Crippen LogP contribution is -1.95. The van der Waals surface area contributed by atoms with Crippen LogP contribution in [0.4, 0.5) is 24.6 Å². The minimum Gasteiger partial charge on any atom is -0.389 e. The molecule has 0 fully saturated rings. The summed E-state index contributed by atoms with van der Waals surface area (Å²) in [4.78, 5) is 3.88. The topological polar surface area (TPSA) is 50.9 Å². The zero-order chi connectivity index (χ0) is 10.8. The van der Waals surface area contributed by atoms with Crippen molar-refractivity contribution in [2.24, 2.45) is 0 Å². The lowest BCUT2D eigenvalue weighted by atomic mass is 10.3. The van der Waals surface area contributed by atoms with Crippen molar-refractivity contribution in [2.45, 2.75) is 0 Å². The molecule has 0 spiro atoms. The van der Waals surface area contributed by atoms with Gasteiger partial charge in [0.25, 0.3) is 0 Å². The van der Waals surface area contributed by atoms with Crippen LogP contribution < -0.4 is 11.1 Å². The molecule has 6 heteroatoms. The molecule has 1 heterocycles. The fourth-order valence-electron chi connectivity index (χ4n) is 1.06. The molecule has 3 nitrogen and oxygen atoms in total. The number of rotatable bonds is 2.